The molecule has 3 N–H and O–H groups in total. The Bertz CT molecular complexity index is 780. The molecule has 1 amide bonds. The van der Waals surface area contributed by atoms with Crippen LogP contribution in [0.4, 0.5) is 5.69 Å². The van der Waals surface area contributed by atoms with Gasteiger partial charge in [-0.25, -0.2) is 0 Å². The number of anilines is 1. The zero-order valence-corrected chi connectivity index (χ0v) is 15.8. The minimum Gasteiger partial charge on any atom is -0.494 e. The van der Waals surface area contributed by atoms with Crippen LogP contribution in [0.3, 0.4) is 0 Å². The average molecular weight is 369 g/mol. The molecule has 6 heteroatoms. The third-order valence-corrected chi connectivity index (χ3v) is 4.69. The van der Waals surface area contributed by atoms with Crippen LogP contribution in [0.2, 0.25) is 0 Å². The Labute approximate surface area is 159 Å². The molecule has 1 aliphatic rings. The van der Waals surface area contributed by atoms with Gasteiger partial charge in [-0.15, -0.1) is 0 Å². The van der Waals surface area contributed by atoms with E-state index in [0.717, 1.165) is 50.2 Å². The molecule has 27 heavy (non-hydrogen) atoms. The molecule has 0 atom stereocenters. The summed E-state index contributed by atoms with van der Waals surface area (Å²) in [7, 11) is 0. The van der Waals surface area contributed by atoms with E-state index < -0.39 is 0 Å². The van der Waals surface area contributed by atoms with Crippen molar-refractivity contribution in [2.45, 2.75) is 39.0 Å². The van der Waals surface area contributed by atoms with E-state index in [1.165, 1.54) is 0 Å². The van der Waals surface area contributed by atoms with E-state index >= 15 is 0 Å². The fourth-order valence-corrected chi connectivity index (χ4v) is 3.27. The number of Topliss-reactive ketones (excluding diaryl/α,β-unsaturated/α-hetero) is 1. The van der Waals surface area contributed by atoms with Crippen molar-refractivity contribution in [2.75, 3.05) is 25.0 Å². The van der Waals surface area contributed by atoms with Gasteiger partial charge in [-0.2, -0.15) is 0 Å². The Hall–Kier alpha value is -2.60. The number of hydrogen-bond donors (Lipinski definition) is 3. The van der Waals surface area contributed by atoms with Crippen LogP contribution in [0.15, 0.2) is 30.5 Å². The lowest BCUT2D eigenvalue weighted by Gasteiger charge is -2.09. The number of aryl methyl sites for hydroxylation is 1. The van der Waals surface area contributed by atoms with Gasteiger partial charge in [-0.1, -0.05) is 6.92 Å². The number of aromatic amines is 1. The summed E-state index contributed by atoms with van der Waals surface area (Å²) >= 11 is 0. The van der Waals surface area contributed by atoms with Crippen molar-refractivity contribution in [2.24, 2.45) is 0 Å². The lowest BCUT2D eigenvalue weighted by atomic mass is 10.0. The maximum atomic E-state index is 12.6. The minimum absolute atomic E-state index is 0.0511. The summed E-state index contributed by atoms with van der Waals surface area (Å²) in [6.07, 6.45) is 5.75. The first-order valence-corrected chi connectivity index (χ1v) is 9.67. The van der Waals surface area contributed by atoms with Crippen LogP contribution in [0, 0.1) is 0 Å². The lowest BCUT2D eigenvalue weighted by Crippen LogP contribution is -2.16. The smallest absolute Gasteiger partial charge is 0.257 e. The number of fused-ring (bicyclic) bond motifs is 1. The third-order valence-electron chi connectivity index (χ3n) is 4.69. The fourth-order valence-electron chi connectivity index (χ4n) is 3.27. The molecule has 1 heterocycles. The number of ketones is 1. The molecule has 2 aromatic rings. The highest BCUT2D eigenvalue weighted by Crippen LogP contribution is 2.24. The number of benzene rings is 1. The molecule has 1 aromatic carbocycles. The number of carbonyl (C=O) groups is 2. The van der Waals surface area contributed by atoms with Crippen molar-refractivity contribution in [3.05, 3.63) is 47.3 Å². The zero-order valence-electron chi connectivity index (χ0n) is 15.8. The van der Waals surface area contributed by atoms with Crippen LogP contribution in [0.5, 0.6) is 5.75 Å². The van der Waals surface area contributed by atoms with Crippen molar-refractivity contribution in [3.63, 3.8) is 0 Å². The zero-order chi connectivity index (χ0) is 19.1. The summed E-state index contributed by atoms with van der Waals surface area (Å²) < 4.78 is 5.68. The number of aromatic nitrogens is 1. The molecule has 0 fully saturated rings. The largest absolute Gasteiger partial charge is 0.494 e. The molecule has 1 aromatic heterocycles. The number of amides is 1. The topological polar surface area (TPSA) is 83.2 Å². The van der Waals surface area contributed by atoms with Gasteiger partial charge in [0.2, 0.25) is 0 Å². The van der Waals surface area contributed by atoms with Crippen molar-refractivity contribution in [1.82, 2.24) is 10.3 Å². The summed E-state index contributed by atoms with van der Waals surface area (Å²) in [5.41, 5.74) is 2.55. The van der Waals surface area contributed by atoms with Gasteiger partial charge in [-0.05, 0) is 63.0 Å². The van der Waals surface area contributed by atoms with Crippen LogP contribution in [0.1, 0.15) is 59.0 Å². The summed E-state index contributed by atoms with van der Waals surface area (Å²) in [6.45, 7) is 4.62. The van der Waals surface area contributed by atoms with E-state index in [4.69, 9.17) is 4.74 Å². The first-order valence-electron chi connectivity index (χ1n) is 9.67. The van der Waals surface area contributed by atoms with E-state index in [0.29, 0.717) is 29.8 Å². The van der Waals surface area contributed by atoms with Crippen molar-refractivity contribution in [3.8, 4) is 5.75 Å². The predicted octanol–water partition coefficient (Wildman–Crippen LogP) is 3.55. The van der Waals surface area contributed by atoms with Crippen molar-refractivity contribution in [1.29, 1.82) is 0 Å². The van der Waals surface area contributed by atoms with E-state index in [1.807, 2.05) is 24.3 Å². The standard InChI is InChI=1S/C21H27N3O3/c1-2-22-12-5-13-27-16-10-8-15(9-11-16)24-21(26)17-14-23-18-6-3-4-7-19(25)20(17)18/h8-11,14,22-23H,2-7,12-13H2,1H3,(H,24,26). The number of hydrogen-bond acceptors (Lipinski definition) is 4. The molecule has 144 valence electrons. The van der Waals surface area contributed by atoms with Gasteiger partial charge in [-0.3, -0.25) is 9.59 Å². The first-order chi connectivity index (χ1) is 13.2. The molecule has 1 aliphatic carbocycles. The van der Waals surface area contributed by atoms with Gasteiger partial charge in [0.05, 0.1) is 17.7 Å². The highest BCUT2D eigenvalue weighted by Gasteiger charge is 2.24. The SMILES string of the molecule is CCNCCCOc1ccc(NC(=O)c2c[nH]c3c2C(=O)CCCC3)cc1. The van der Waals surface area contributed by atoms with Gasteiger partial charge >= 0.3 is 0 Å². The Balaban J connectivity index is 1.59. The van der Waals surface area contributed by atoms with Crippen molar-refractivity contribution >= 4 is 17.4 Å². The molecule has 0 radical (unpaired) electrons. The van der Waals surface area contributed by atoms with Gasteiger partial charge in [0, 0.05) is 24.0 Å². The Morgan fingerprint density at radius 2 is 1.96 bits per heavy atom. The maximum absolute atomic E-state index is 12.6. The summed E-state index contributed by atoms with van der Waals surface area (Å²) in [5.74, 6) is 0.562. The average Bonchev–Trinajstić information content (AvgIpc) is 3.02. The number of ether oxygens (including phenoxy) is 1. The van der Waals surface area contributed by atoms with Gasteiger partial charge in [0.25, 0.3) is 5.91 Å². The van der Waals surface area contributed by atoms with Crippen LogP contribution < -0.4 is 15.4 Å². The second-order valence-electron chi connectivity index (χ2n) is 6.72. The molecule has 0 spiro atoms. The van der Waals surface area contributed by atoms with E-state index in [-0.39, 0.29) is 11.7 Å². The highest BCUT2D eigenvalue weighted by atomic mass is 16.5. The van der Waals surface area contributed by atoms with Crippen LogP contribution >= 0.6 is 0 Å². The van der Waals surface area contributed by atoms with Gasteiger partial charge in [0.15, 0.2) is 5.78 Å². The van der Waals surface area contributed by atoms with Gasteiger partial charge < -0.3 is 20.4 Å². The molecule has 0 saturated carbocycles. The molecule has 0 bridgehead atoms. The summed E-state index contributed by atoms with van der Waals surface area (Å²) in [6, 6.07) is 7.30. The Morgan fingerprint density at radius 3 is 2.74 bits per heavy atom. The molecule has 0 aliphatic heterocycles. The van der Waals surface area contributed by atoms with E-state index in [1.54, 1.807) is 6.20 Å². The van der Waals surface area contributed by atoms with Crippen LogP contribution in [-0.2, 0) is 6.42 Å². The molecular formula is C21H27N3O3. The predicted molar refractivity (Wildman–Crippen MR) is 106 cm³/mol. The van der Waals surface area contributed by atoms with Gasteiger partial charge in [0.1, 0.15) is 5.75 Å². The Morgan fingerprint density at radius 1 is 1.19 bits per heavy atom. The molecular weight excluding hydrogens is 342 g/mol. The fraction of sp³-hybridized carbons (Fsp3) is 0.429. The number of nitrogens with one attached hydrogen (secondary N) is 3. The summed E-state index contributed by atoms with van der Waals surface area (Å²) in [5, 5.41) is 6.12. The lowest BCUT2D eigenvalue weighted by molar-refractivity contribution is 0.0965. The van der Waals surface area contributed by atoms with Crippen LogP contribution in [0.25, 0.3) is 0 Å². The number of H-pyrrole nitrogens is 1. The first kappa shape index (κ1) is 19.2. The quantitative estimate of drug-likeness (QED) is 0.491. The number of carbonyl (C=O) groups excluding carboxylic acids is 2. The highest BCUT2D eigenvalue weighted by molar-refractivity contribution is 6.13. The molecule has 0 unspecified atom stereocenters. The number of rotatable bonds is 8. The maximum Gasteiger partial charge on any atom is 0.257 e. The monoisotopic (exact) mass is 369 g/mol. The van der Waals surface area contributed by atoms with Crippen LogP contribution in [-0.4, -0.2) is 36.4 Å². The molecule has 3 rings (SSSR count). The van der Waals surface area contributed by atoms with E-state index in [2.05, 4.69) is 22.5 Å². The second-order valence-corrected chi connectivity index (χ2v) is 6.72. The molecule has 6 nitrogen and oxygen atoms in total. The second kappa shape index (κ2) is 9.37. The minimum atomic E-state index is -0.262. The summed E-state index contributed by atoms with van der Waals surface area (Å²) in [4.78, 5) is 28.1. The third kappa shape index (κ3) is 4.98. The van der Waals surface area contributed by atoms with Crippen molar-refractivity contribution < 1.29 is 14.3 Å². The normalized spacial score (nSPS) is 13.7. The Kier molecular flexibility index (Phi) is 6.65. The van der Waals surface area contributed by atoms with E-state index in [9.17, 15) is 9.59 Å². The molecule has 0 saturated heterocycles.